The number of allylic oxidation sites excluding steroid dienone is 1. The lowest BCUT2D eigenvalue weighted by Gasteiger charge is -2.18. The monoisotopic (exact) mass is 154 g/mol. The molecule has 1 atom stereocenters. The SMILES string of the molecule is C=CCCC(CCC)C(C)C. The van der Waals surface area contributed by atoms with Crippen LogP contribution in [-0.2, 0) is 0 Å². The summed E-state index contributed by atoms with van der Waals surface area (Å²) in [6.45, 7) is 10.7. The predicted molar refractivity (Wildman–Crippen MR) is 52.7 cm³/mol. The Bertz CT molecular complexity index is 92.2. The van der Waals surface area contributed by atoms with Crippen LogP contribution in [-0.4, -0.2) is 0 Å². The molecule has 1 unspecified atom stereocenters. The molecule has 11 heavy (non-hydrogen) atoms. The first-order chi connectivity index (χ1) is 5.22. The van der Waals surface area contributed by atoms with E-state index in [1.54, 1.807) is 0 Å². The van der Waals surface area contributed by atoms with Crippen LogP contribution in [0.15, 0.2) is 12.7 Å². The molecule has 0 aliphatic heterocycles. The third-order valence-electron chi connectivity index (χ3n) is 2.34. The lowest BCUT2D eigenvalue weighted by Crippen LogP contribution is -2.07. The summed E-state index contributed by atoms with van der Waals surface area (Å²) in [6.07, 6.45) is 7.24. The highest BCUT2D eigenvalue weighted by molar-refractivity contribution is 4.71. The van der Waals surface area contributed by atoms with E-state index in [9.17, 15) is 0 Å². The molecule has 0 saturated carbocycles. The van der Waals surface area contributed by atoms with Crippen molar-refractivity contribution in [3.05, 3.63) is 12.7 Å². The average Bonchev–Trinajstić information content (AvgIpc) is 1.97. The van der Waals surface area contributed by atoms with Crippen LogP contribution in [0.5, 0.6) is 0 Å². The van der Waals surface area contributed by atoms with Crippen molar-refractivity contribution in [2.24, 2.45) is 11.8 Å². The van der Waals surface area contributed by atoms with Gasteiger partial charge in [0.2, 0.25) is 0 Å². The molecule has 0 aromatic rings. The van der Waals surface area contributed by atoms with Crippen LogP contribution in [0, 0.1) is 11.8 Å². The Hall–Kier alpha value is -0.260. The fourth-order valence-electron chi connectivity index (χ4n) is 1.51. The Morgan fingerprint density at radius 1 is 1.27 bits per heavy atom. The topological polar surface area (TPSA) is 0 Å². The van der Waals surface area contributed by atoms with Crippen molar-refractivity contribution < 1.29 is 0 Å². The molecule has 0 aromatic heterocycles. The number of hydrogen-bond acceptors (Lipinski definition) is 0. The fraction of sp³-hybridized carbons (Fsp3) is 0.818. The Labute approximate surface area is 71.7 Å². The lowest BCUT2D eigenvalue weighted by molar-refractivity contribution is 0.336. The highest BCUT2D eigenvalue weighted by atomic mass is 14.2. The van der Waals surface area contributed by atoms with Gasteiger partial charge in [0, 0.05) is 0 Å². The number of rotatable bonds is 6. The van der Waals surface area contributed by atoms with Crippen LogP contribution >= 0.6 is 0 Å². The summed E-state index contributed by atoms with van der Waals surface area (Å²) in [5.74, 6) is 1.76. The largest absolute Gasteiger partial charge is 0.103 e. The average molecular weight is 154 g/mol. The van der Waals surface area contributed by atoms with Crippen molar-refractivity contribution >= 4 is 0 Å². The molecular weight excluding hydrogens is 132 g/mol. The summed E-state index contributed by atoms with van der Waals surface area (Å²) in [4.78, 5) is 0. The highest BCUT2D eigenvalue weighted by Crippen LogP contribution is 2.22. The fourth-order valence-corrected chi connectivity index (χ4v) is 1.51. The third-order valence-corrected chi connectivity index (χ3v) is 2.34. The molecule has 0 rings (SSSR count). The zero-order valence-electron chi connectivity index (χ0n) is 8.27. The van der Waals surface area contributed by atoms with Gasteiger partial charge in [0.15, 0.2) is 0 Å². The van der Waals surface area contributed by atoms with Gasteiger partial charge in [0.25, 0.3) is 0 Å². The van der Waals surface area contributed by atoms with Crippen molar-refractivity contribution in [1.29, 1.82) is 0 Å². The van der Waals surface area contributed by atoms with E-state index in [1.807, 2.05) is 6.08 Å². The first-order valence-corrected chi connectivity index (χ1v) is 4.83. The van der Waals surface area contributed by atoms with Gasteiger partial charge in [-0.15, -0.1) is 6.58 Å². The summed E-state index contributed by atoms with van der Waals surface area (Å²) in [7, 11) is 0. The molecule has 0 radical (unpaired) electrons. The minimum Gasteiger partial charge on any atom is -0.103 e. The van der Waals surface area contributed by atoms with E-state index >= 15 is 0 Å². The summed E-state index contributed by atoms with van der Waals surface area (Å²) in [5.41, 5.74) is 0. The van der Waals surface area contributed by atoms with E-state index in [0.29, 0.717) is 0 Å². The molecule has 0 fully saturated rings. The molecule has 0 aliphatic rings. The van der Waals surface area contributed by atoms with Gasteiger partial charge >= 0.3 is 0 Å². The maximum atomic E-state index is 3.75. The van der Waals surface area contributed by atoms with Crippen molar-refractivity contribution in [2.45, 2.75) is 46.5 Å². The smallest absolute Gasteiger partial charge is 0.0351 e. The quantitative estimate of drug-likeness (QED) is 0.507. The van der Waals surface area contributed by atoms with Gasteiger partial charge in [-0.3, -0.25) is 0 Å². The molecule has 0 aromatic carbocycles. The maximum Gasteiger partial charge on any atom is -0.0351 e. The van der Waals surface area contributed by atoms with E-state index in [2.05, 4.69) is 27.4 Å². The summed E-state index contributed by atoms with van der Waals surface area (Å²) >= 11 is 0. The molecule has 0 heteroatoms. The minimum absolute atomic E-state index is 0.842. The second-order valence-corrected chi connectivity index (χ2v) is 3.66. The van der Waals surface area contributed by atoms with Crippen LogP contribution in [0.2, 0.25) is 0 Å². The Morgan fingerprint density at radius 3 is 2.27 bits per heavy atom. The van der Waals surface area contributed by atoms with E-state index in [-0.39, 0.29) is 0 Å². The van der Waals surface area contributed by atoms with Gasteiger partial charge in [-0.1, -0.05) is 39.7 Å². The summed E-state index contributed by atoms with van der Waals surface area (Å²) in [5, 5.41) is 0. The van der Waals surface area contributed by atoms with Gasteiger partial charge in [-0.25, -0.2) is 0 Å². The molecule has 0 bridgehead atoms. The van der Waals surface area contributed by atoms with Crippen molar-refractivity contribution in [3.63, 3.8) is 0 Å². The van der Waals surface area contributed by atoms with Gasteiger partial charge in [-0.05, 0) is 24.7 Å². The normalized spacial score (nSPS) is 13.5. The molecule has 0 amide bonds. The zero-order chi connectivity index (χ0) is 8.69. The zero-order valence-corrected chi connectivity index (χ0v) is 8.27. The van der Waals surface area contributed by atoms with Gasteiger partial charge in [-0.2, -0.15) is 0 Å². The van der Waals surface area contributed by atoms with E-state index in [0.717, 1.165) is 11.8 Å². The van der Waals surface area contributed by atoms with E-state index in [1.165, 1.54) is 25.7 Å². The standard InChI is InChI=1S/C11H22/c1-5-7-9-11(8-6-2)10(3)4/h5,10-11H,1,6-9H2,2-4H3. The second-order valence-electron chi connectivity index (χ2n) is 3.66. The molecule has 66 valence electrons. The molecule has 0 N–H and O–H groups in total. The third kappa shape index (κ3) is 5.06. The maximum absolute atomic E-state index is 3.75. The first-order valence-electron chi connectivity index (χ1n) is 4.83. The van der Waals surface area contributed by atoms with Crippen LogP contribution in [0.1, 0.15) is 46.5 Å². The van der Waals surface area contributed by atoms with Crippen LogP contribution in [0.4, 0.5) is 0 Å². The Balaban J connectivity index is 3.59. The molecule has 0 nitrogen and oxygen atoms in total. The minimum atomic E-state index is 0.842. The predicted octanol–water partition coefficient (Wildman–Crippen LogP) is 4.02. The first kappa shape index (κ1) is 10.7. The Morgan fingerprint density at radius 2 is 1.91 bits per heavy atom. The number of hydrogen-bond donors (Lipinski definition) is 0. The molecule has 0 heterocycles. The van der Waals surface area contributed by atoms with Gasteiger partial charge in [0.05, 0.1) is 0 Å². The van der Waals surface area contributed by atoms with Crippen molar-refractivity contribution in [1.82, 2.24) is 0 Å². The Kier molecular flexibility index (Phi) is 6.30. The van der Waals surface area contributed by atoms with Gasteiger partial charge < -0.3 is 0 Å². The van der Waals surface area contributed by atoms with Crippen LogP contribution in [0.25, 0.3) is 0 Å². The van der Waals surface area contributed by atoms with Crippen molar-refractivity contribution in [2.75, 3.05) is 0 Å². The second kappa shape index (κ2) is 6.45. The lowest BCUT2D eigenvalue weighted by atomic mass is 9.87. The molecule has 0 aliphatic carbocycles. The van der Waals surface area contributed by atoms with E-state index < -0.39 is 0 Å². The summed E-state index contributed by atoms with van der Waals surface area (Å²) < 4.78 is 0. The van der Waals surface area contributed by atoms with E-state index in [4.69, 9.17) is 0 Å². The molecular formula is C11H22. The highest BCUT2D eigenvalue weighted by Gasteiger charge is 2.10. The van der Waals surface area contributed by atoms with Gasteiger partial charge in [0.1, 0.15) is 0 Å². The summed E-state index contributed by atoms with van der Waals surface area (Å²) in [6, 6.07) is 0. The molecule has 0 spiro atoms. The van der Waals surface area contributed by atoms with Crippen LogP contribution in [0.3, 0.4) is 0 Å². The van der Waals surface area contributed by atoms with Crippen LogP contribution < -0.4 is 0 Å². The van der Waals surface area contributed by atoms with Crippen molar-refractivity contribution in [3.8, 4) is 0 Å². The molecule has 0 saturated heterocycles.